The molecule has 2 unspecified atom stereocenters. The van der Waals surface area contributed by atoms with Gasteiger partial charge in [0.05, 0.1) is 0 Å². The van der Waals surface area contributed by atoms with E-state index in [2.05, 4.69) is 12.2 Å². The molecule has 60 valence electrons. The molecule has 0 aromatic carbocycles. The van der Waals surface area contributed by atoms with Crippen molar-refractivity contribution >= 4 is 5.78 Å². The highest BCUT2D eigenvalue weighted by Crippen LogP contribution is 2.31. The molecule has 1 fully saturated rings. The molecule has 2 rings (SSSR count). The lowest BCUT2D eigenvalue weighted by atomic mass is 10.3. The number of nitrogens with one attached hydrogen (secondary N) is 1. The zero-order valence-corrected chi connectivity index (χ0v) is 6.76. The Morgan fingerprint density at radius 3 is 2.73 bits per heavy atom. The van der Waals surface area contributed by atoms with Crippen LogP contribution in [0.2, 0.25) is 0 Å². The molecule has 11 heavy (non-hydrogen) atoms. The van der Waals surface area contributed by atoms with Gasteiger partial charge in [-0.05, 0) is 18.8 Å². The van der Waals surface area contributed by atoms with Crippen LogP contribution >= 0.6 is 0 Å². The molecule has 0 bridgehead atoms. The van der Waals surface area contributed by atoms with Crippen molar-refractivity contribution < 1.29 is 4.79 Å². The smallest absolute Gasteiger partial charge is 0.157 e. The van der Waals surface area contributed by atoms with Crippen molar-refractivity contribution in [2.45, 2.75) is 32.2 Å². The van der Waals surface area contributed by atoms with Gasteiger partial charge in [-0.15, -0.1) is 0 Å². The van der Waals surface area contributed by atoms with Gasteiger partial charge in [0.15, 0.2) is 5.78 Å². The maximum Gasteiger partial charge on any atom is 0.157 e. The van der Waals surface area contributed by atoms with Gasteiger partial charge >= 0.3 is 0 Å². The van der Waals surface area contributed by atoms with Gasteiger partial charge in [-0.2, -0.15) is 0 Å². The van der Waals surface area contributed by atoms with E-state index >= 15 is 0 Å². The van der Waals surface area contributed by atoms with E-state index in [1.807, 2.05) is 0 Å². The topological polar surface area (TPSA) is 29.1 Å². The first kappa shape index (κ1) is 6.89. The molecule has 0 aromatic heterocycles. The minimum Gasteiger partial charge on any atom is -0.385 e. The van der Waals surface area contributed by atoms with Crippen LogP contribution in [0.1, 0.15) is 26.2 Å². The van der Waals surface area contributed by atoms with Crippen LogP contribution in [0.25, 0.3) is 0 Å². The molecule has 1 N–H and O–H groups in total. The van der Waals surface area contributed by atoms with E-state index in [0.29, 0.717) is 12.5 Å². The molecule has 2 heteroatoms. The summed E-state index contributed by atoms with van der Waals surface area (Å²) in [6, 6.07) is 0.659. The third-order valence-electron chi connectivity index (χ3n) is 2.46. The standard InChI is InChI=1S/C9H13NO/c1-6-4-9(6)10-7-2-3-8(11)5-7/h5-6,9-10H,2-4H2,1H3. The van der Waals surface area contributed by atoms with Crippen molar-refractivity contribution in [3.63, 3.8) is 0 Å². The maximum atomic E-state index is 10.8. The summed E-state index contributed by atoms with van der Waals surface area (Å²) in [6.45, 7) is 2.23. The van der Waals surface area contributed by atoms with E-state index < -0.39 is 0 Å². The van der Waals surface area contributed by atoms with Crippen molar-refractivity contribution in [2.75, 3.05) is 0 Å². The Labute approximate surface area is 66.7 Å². The maximum absolute atomic E-state index is 10.8. The Bertz CT molecular complexity index is 220. The van der Waals surface area contributed by atoms with Crippen LogP contribution in [-0.2, 0) is 4.79 Å². The van der Waals surface area contributed by atoms with Gasteiger partial charge in [-0.3, -0.25) is 4.79 Å². The lowest BCUT2D eigenvalue weighted by molar-refractivity contribution is -0.114. The number of carbonyl (C=O) groups excluding carboxylic acids is 1. The predicted molar refractivity (Wildman–Crippen MR) is 43.0 cm³/mol. The second-order valence-corrected chi connectivity index (χ2v) is 3.60. The summed E-state index contributed by atoms with van der Waals surface area (Å²) in [6.07, 6.45) is 4.67. The second kappa shape index (κ2) is 2.36. The van der Waals surface area contributed by atoms with E-state index in [-0.39, 0.29) is 5.78 Å². The number of carbonyl (C=O) groups is 1. The van der Waals surface area contributed by atoms with Crippen molar-refractivity contribution in [1.82, 2.24) is 5.32 Å². The molecule has 0 spiro atoms. The Morgan fingerprint density at radius 2 is 2.27 bits per heavy atom. The summed E-state index contributed by atoms with van der Waals surface area (Å²) < 4.78 is 0. The first-order valence-electron chi connectivity index (χ1n) is 4.25. The highest BCUT2D eigenvalue weighted by Gasteiger charge is 2.33. The van der Waals surface area contributed by atoms with Gasteiger partial charge in [0.2, 0.25) is 0 Å². The zero-order chi connectivity index (χ0) is 7.84. The normalized spacial score (nSPS) is 35.4. The number of hydrogen-bond donors (Lipinski definition) is 1. The first-order chi connectivity index (χ1) is 5.25. The van der Waals surface area contributed by atoms with Crippen LogP contribution in [0, 0.1) is 5.92 Å². The summed E-state index contributed by atoms with van der Waals surface area (Å²) in [7, 11) is 0. The zero-order valence-electron chi connectivity index (χ0n) is 6.76. The van der Waals surface area contributed by atoms with Crippen LogP contribution < -0.4 is 5.32 Å². The number of ketones is 1. The van der Waals surface area contributed by atoms with Gasteiger partial charge in [0, 0.05) is 24.2 Å². The van der Waals surface area contributed by atoms with E-state index in [4.69, 9.17) is 0 Å². The minimum atomic E-state index is 0.279. The van der Waals surface area contributed by atoms with Crippen molar-refractivity contribution in [2.24, 2.45) is 5.92 Å². The summed E-state index contributed by atoms with van der Waals surface area (Å²) in [5.74, 6) is 1.09. The van der Waals surface area contributed by atoms with Crippen molar-refractivity contribution in [3.8, 4) is 0 Å². The van der Waals surface area contributed by atoms with Gasteiger partial charge in [0.1, 0.15) is 0 Å². The SMILES string of the molecule is CC1CC1NC1=CC(=O)CC1. The molecular formula is C9H13NO. The average molecular weight is 151 g/mol. The fourth-order valence-corrected chi connectivity index (χ4v) is 1.47. The Morgan fingerprint density at radius 1 is 1.55 bits per heavy atom. The third-order valence-corrected chi connectivity index (χ3v) is 2.46. The molecule has 1 saturated carbocycles. The molecule has 0 heterocycles. The van der Waals surface area contributed by atoms with Crippen LogP contribution in [0.3, 0.4) is 0 Å². The largest absolute Gasteiger partial charge is 0.385 e. The van der Waals surface area contributed by atoms with Gasteiger partial charge in [-0.1, -0.05) is 6.92 Å². The van der Waals surface area contributed by atoms with Crippen LogP contribution in [0.5, 0.6) is 0 Å². The fraction of sp³-hybridized carbons (Fsp3) is 0.667. The highest BCUT2D eigenvalue weighted by atomic mass is 16.1. The van der Waals surface area contributed by atoms with E-state index in [0.717, 1.165) is 18.0 Å². The molecule has 0 aliphatic heterocycles. The number of allylic oxidation sites excluding steroid dienone is 2. The van der Waals surface area contributed by atoms with E-state index in [9.17, 15) is 4.79 Å². The van der Waals surface area contributed by atoms with Crippen molar-refractivity contribution in [1.29, 1.82) is 0 Å². The molecule has 0 saturated heterocycles. The van der Waals surface area contributed by atoms with Crippen LogP contribution in [-0.4, -0.2) is 11.8 Å². The fourth-order valence-electron chi connectivity index (χ4n) is 1.47. The summed E-state index contributed by atoms with van der Waals surface area (Å²) >= 11 is 0. The Balaban J connectivity index is 1.87. The van der Waals surface area contributed by atoms with E-state index in [1.165, 1.54) is 6.42 Å². The molecule has 2 aliphatic carbocycles. The lowest BCUT2D eigenvalue weighted by Gasteiger charge is -2.03. The minimum absolute atomic E-state index is 0.279. The molecule has 0 radical (unpaired) electrons. The summed E-state index contributed by atoms with van der Waals surface area (Å²) in [4.78, 5) is 10.8. The average Bonchev–Trinajstić information content (AvgIpc) is 2.42. The lowest BCUT2D eigenvalue weighted by Crippen LogP contribution is -2.15. The van der Waals surface area contributed by atoms with E-state index in [1.54, 1.807) is 6.08 Å². The van der Waals surface area contributed by atoms with Crippen molar-refractivity contribution in [3.05, 3.63) is 11.8 Å². The summed E-state index contributed by atoms with van der Waals surface area (Å²) in [5.41, 5.74) is 1.16. The Kier molecular flexibility index (Phi) is 1.48. The van der Waals surface area contributed by atoms with Crippen LogP contribution in [0.4, 0.5) is 0 Å². The molecule has 2 atom stereocenters. The predicted octanol–water partition coefficient (Wildman–Crippen LogP) is 1.23. The number of rotatable bonds is 2. The molecule has 2 nitrogen and oxygen atoms in total. The molecule has 2 aliphatic rings. The third kappa shape index (κ3) is 1.44. The highest BCUT2D eigenvalue weighted by molar-refractivity contribution is 5.92. The first-order valence-corrected chi connectivity index (χ1v) is 4.25. The van der Waals surface area contributed by atoms with Gasteiger partial charge in [-0.25, -0.2) is 0 Å². The van der Waals surface area contributed by atoms with Crippen LogP contribution in [0.15, 0.2) is 11.8 Å². The van der Waals surface area contributed by atoms with Gasteiger partial charge < -0.3 is 5.32 Å². The number of hydrogen-bond acceptors (Lipinski definition) is 2. The summed E-state index contributed by atoms with van der Waals surface area (Å²) in [5, 5.41) is 3.37. The second-order valence-electron chi connectivity index (χ2n) is 3.60. The quantitative estimate of drug-likeness (QED) is 0.643. The molecular weight excluding hydrogens is 138 g/mol. The van der Waals surface area contributed by atoms with Gasteiger partial charge in [0.25, 0.3) is 0 Å². The Hall–Kier alpha value is -0.790. The monoisotopic (exact) mass is 151 g/mol. The molecule has 0 amide bonds. The molecule has 0 aromatic rings.